The molecule has 0 unspecified atom stereocenters. The number of halogens is 1. The molecule has 0 radical (unpaired) electrons. The zero-order valence-electron chi connectivity index (χ0n) is 13.1. The molecule has 0 aliphatic heterocycles. The number of nitro groups is 1. The summed E-state index contributed by atoms with van der Waals surface area (Å²) in [4.78, 5) is 26.9. The molecule has 1 N–H and O–H groups in total. The van der Waals surface area contributed by atoms with E-state index in [9.17, 15) is 23.3 Å². The maximum atomic E-state index is 12.4. The van der Waals surface area contributed by atoms with E-state index in [2.05, 4.69) is 10.3 Å². The second-order valence-electron chi connectivity index (χ2n) is 5.30. The summed E-state index contributed by atoms with van der Waals surface area (Å²) in [5.74, 6) is -0.652. The van der Waals surface area contributed by atoms with Crippen LogP contribution in [-0.4, -0.2) is 30.5 Å². The van der Waals surface area contributed by atoms with Crippen molar-refractivity contribution >= 4 is 59.7 Å². The van der Waals surface area contributed by atoms with E-state index in [0.717, 1.165) is 23.7 Å². The first-order valence-corrected chi connectivity index (χ1v) is 10.1. The van der Waals surface area contributed by atoms with Crippen molar-refractivity contribution in [2.75, 3.05) is 11.6 Å². The molecular formula is C15H10ClN3O5S2. The molecule has 3 aromatic rings. The van der Waals surface area contributed by atoms with Crippen LogP contribution in [0.5, 0.6) is 0 Å². The smallest absolute Gasteiger partial charge is 0.270 e. The van der Waals surface area contributed by atoms with Gasteiger partial charge in [-0.25, -0.2) is 13.4 Å². The molecule has 0 atom stereocenters. The number of hydrogen-bond donors (Lipinski definition) is 1. The molecule has 0 bridgehead atoms. The van der Waals surface area contributed by atoms with Crippen LogP contribution < -0.4 is 5.32 Å². The van der Waals surface area contributed by atoms with Crippen molar-refractivity contribution in [1.29, 1.82) is 0 Å². The molecule has 1 amide bonds. The van der Waals surface area contributed by atoms with E-state index >= 15 is 0 Å². The van der Waals surface area contributed by atoms with Crippen LogP contribution in [-0.2, 0) is 9.84 Å². The second-order valence-corrected chi connectivity index (χ2v) is 8.75. The number of aromatic nitrogens is 1. The van der Waals surface area contributed by atoms with E-state index < -0.39 is 20.7 Å². The largest absolute Gasteiger partial charge is 0.298 e. The number of nitro benzene ring substituents is 1. The summed E-state index contributed by atoms with van der Waals surface area (Å²) < 4.78 is 23.8. The number of non-ortho nitro benzene ring substituents is 1. The lowest BCUT2D eigenvalue weighted by Gasteiger charge is -2.03. The molecule has 0 spiro atoms. The van der Waals surface area contributed by atoms with Crippen LogP contribution in [0.15, 0.2) is 41.3 Å². The number of carbonyl (C=O) groups excluding carboxylic acids is 1. The van der Waals surface area contributed by atoms with Gasteiger partial charge in [0, 0.05) is 18.4 Å². The highest BCUT2D eigenvalue weighted by molar-refractivity contribution is 7.90. The normalized spacial score (nSPS) is 11.5. The quantitative estimate of drug-likeness (QED) is 0.518. The number of thiazole rings is 1. The Morgan fingerprint density at radius 1 is 1.27 bits per heavy atom. The molecule has 11 heteroatoms. The molecule has 0 aliphatic rings. The number of carbonyl (C=O) groups is 1. The number of amides is 1. The van der Waals surface area contributed by atoms with Crippen molar-refractivity contribution in [3.05, 3.63) is 57.1 Å². The van der Waals surface area contributed by atoms with Gasteiger partial charge in [0.1, 0.15) is 0 Å². The fourth-order valence-electron chi connectivity index (χ4n) is 2.15. The van der Waals surface area contributed by atoms with Gasteiger partial charge in [-0.2, -0.15) is 0 Å². The number of anilines is 1. The average molecular weight is 412 g/mol. The number of nitrogens with zero attached hydrogens (tertiary/aromatic N) is 2. The molecule has 8 nitrogen and oxygen atoms in total. The van der Waals surface area contributed by atoms with Gasteiger partial charge >= 0.3 is 0 Å². The second kappa shape index (κ2) is 6.63. The highest BCUT2D eigenvalue weighted by atomic mass is 35.5. The monoisotopic (exact) mass is 411 g/mol. The van der Waals surface area contributed by atoms with Crippen LogP contribution in [0.4, 0.5) is 10.8 Å². The van der Waals surface area contributed by atoms with E-state index in [-0.39, 0.29) is 26.3 Å². The first kappa shape index (κ1) is 18.2. The fourth-order valence-corrected chi connectivity index (χ4v) is 3.98. The summed E-state index contributed by atoms with van der Waals surface area (Å²) in [6.45, 7) is 0. The van der Waals surface area contributed by atoms with Crippen LogP contribution >= 0.6 is 22.9 Å². The Labute approximate surface area is 156 Å². The maximum absolute atomic E-state index is 12.4. The minimum Gasteiger partial charge on any atom is -0.298 e. The summed E-state index contributed by atoms with van der Waals surface area (Å²) in [5, 5.41) is 13.7. The minimum atomic E-state index is -3.36. The first-order valence-electron chi connectivity index (χ1n) is 7.01. The molecule has 1 heterocycles. The van der Waals surface area contributed by atoms with Crippen molar-refractivity contribution in [2.45, 2.75) is 4.90 Å². The van der Waals surface area contributed by atoms with Gasteiger partial charge in [-0.15, -0.1) is 0 Å². The van der Waals surface area contributed by atoms with Crippen LogP contribution in [0.2, 0.25) is 5.02 Å². The van der Waals surface area contributed by atoms with Gasteiger partial charge in [-0.3, -0.25) is 20.2 Å². The highest BCUT2D eigenvalue weighted by Gasteiger charge is 2.18. The molecule has 0 aliphatic carbocycles. The molecule has 26 heavy (non-hydrogen) atoms. The van der Waals surface area contributed by atoms with E-state index in [1.807, 2.05) is 0 Å². The summed E-state index contributed by atoms with van der Waals surface area (Å²) in [6.07, 6.45) is 1.10. The molecule has 3 rings (SSSR count). The summed E-state index contributed by atoms with van der Waals surface area (Å²) >= 11 is 7.03. The van der Waals surface area contributed by atoms with E-state index in [1.54, 1.807) is 0 Å². The van der Waals surface area contributed by atoms with Crippen molar-refractivity contribution in [3.8, 4) is 0 Å². The van der Waals surface area contributed by atoms with Crippen LogP contribution in [0.25, 0.3) is 10.2 Å². The van der Waals surface area contributed by atoms with Crippen molar-refractivity contribution in [3.63, 3.8) is 0 Å². The molecule has 1 aromatic heterocycles. The lowest BCUT2D eigenvalue weighted by Crippen LogP contribution is -2.12. The van der Waals surface area contributed by atoms with Gasteiger partial charge < -0.3 is 0 Å². The third-order valence-electron chi connectivity index (χ3n) is 3.41. The Kier molecular flexibility index (Phi) is 4.65. The van der Waals surface area contributed by atoms with Crippen LogP contribution in [0.1, 0.15) is 10.4 Å². The molecular weight excluding hydrogens is 402 g/mol. The minimum absolute atomic E-state index is 0.0584. The Morgan fingerprint density at radius 3 is 2.65 bits per heavy atom. The SMILES string of the molecule is CS(=O)(=O)c1ccc2nc(NC(=O)c3cc([N+](=O)[O-])ccc3Cl)sc2c1. The number of benzene rings is 2. The molecule has 134 valence electrons. The number of hydrogen-bond acceptors (Lipinski definition) is 7. The standard InChI is InChI=1S/C15H10ClN3O5S2/c1-26(23,24)9-3-5-12-13(7-9)25-15(17-12)18-14(20)10-6-8(19(21)22)2-4-11(10)16/h2-7H,1H3,(H,17,18,20). The van der Waals surface area contributed by atoms with E-state index in [1.165, 1.54) is 30.3 Å². The number of fused-ring (bicyclic) bond motifs is 1. The predicted molar refractivity (Wildman–Crippen MR) is 98.8 cm³/mol. The van der Waals surface area contributed by atoms with E-state index in [4.69, 9.17) is 11.6 Å². The molecule has 2 aromatic carbocycles. The molecule has 0 saturated carbocycles. The van der Waals surface area contributed by atoms with Crippen molar-refractivity contribution in [2.24, 2.45) is 0 Å². The van der Waals surface area contributed by atoms with Gasteiger partial charge in [-0.1, -0.05) is 22.9 Å². The zero-order valence-corrected chi connectivity index (χ0v) is 15.5. The number of rotatable bonds is 4. The highest BCUT2D eigenvalue weighted by Crippen LogP contribution is 2.29. The first-order chi connectivity index (χ1) is 12.1. The van der Waals surface area contributed by atoms with Gasteiger partial charge in [-0.05, 0) is 24.3 Å². The van der Waals surface area contributed by atoms with Gasteiger partial charge in [0.05, 0.1) is 30.6 Å². The molecule has 0 saturated heterocycles. The predicted octanol–water partition coefficient (Wildman–Crippen LogP) is 3.51. The Balaban J connectivity index is 1.93. The Morgan fingerprint density at radius 2 is 2.00 bits per heavy atom. The fraction of sp³-hybridized carbons (Fsp3) is 0.0667. The lowest BCUT2D eigenvalue weighted by molar-refractivity contribution is -0.384. The van der Waals surface area contributed by atoms with Gasteiger partial charge in [0.2, 0.25) is 0 Å². The van der Waals surface area contributed by atoms with Gasteiger partial charge in [0.15, 0.2) is 15.0 Å². The van der Waals surface area contributed by atoms with Gasteiger partial charge in [0.25, 0.3) is 11.6 Å². The van der Waals surface area contributed by atoms with Crippen LogP contribution in [0, 0.1) is 10.1 Å². The lowest BCUT2D eigenvalue weighted by atomic mass is 10.2. The molecule has 0 fully saturated rings. The van der Waals surface area contributed by atoms with Crippen LogP contribution in [0.3, 0.4) is 0 Å². The summed E-state index contributed by atoms with van der Waals surface area (Å²) in [6, 6.07) is 7.98. The number of sulfone groups is 1. The topological polar surface area (TPSA) is 119 Å². The Hall–Kier alpha value is -2.56. The van der Waals surface area contributed by atoms with Crippen molar-refractivity contribution < 1.29 is 18.1 Å². The number of nitrogens with one attached hydrogen (secondary N) is 1. The average Bonchev–Trinajstić information content (AvgIpc) is 2.95. The third-order valence-corrected chi connectivity index (χ3v) is 5.79. The summed E-state index contributed by atoms with van der Waals surface area (Å²) in [5.41, 5.74) is 0.196. The Bertz CT molecular complexity index is 1160. The third kappa shape index (κ3) is 3.66. The van der Waals surface area contributed by atoms with E-state index in [0.29, 0.717) is 10.2 Å². The van der Waals surface area contributed by atoms with Crippen molar-refractivity contribution in [1.82, 2.24) is 4.98 Å². The summed E-state index contributed by atoms with van der Waals surface area (Å²) in [7, 11) is -3.36. The maximum Gasteiger partial charge on any atom is 0.270 e. The zero-order chi connectivity index (χ0) is 19.1.